The largest absolute Gasteiger partial charge is 0.309 e. The highest BCUT2D eigenvalue weighted by molar-refractivity contribution is 5.97. The van der Waals surface area contributed by atoms with Crippen molar-refractivity contribution in [3.63, 3.8) is 0 Å². The predicted octanol–water partition coefficient (Wildman–Crippen LogP) is 4.24. The second-order valence-electron chi connectivity index (χ2n) is 9.52. The fraction of sp³-hybridized carbons (Fsp3) is 0.542. The van der Waals surface area contributed by atoms with Crippen LogP contribution in [0.4, 0.5) is 10.1 Å². The number of fused-ring (bicyclic) bond motifs is 1. The summed E-state index contributed by atoms with van der Waals surface area (Å²) in [7, 11) is 2.09. The summed E-state index contributed by atoms with van der Waals surface area (Å²) < 4.78 is 13.1. The van der Waals surface area contributed by atoms with Gasteiger partial charge in [-0.1, -0.05) is 13.8 Å². The quantitative estimate of drug-likeness (QED) is 0.757. The molecule has 0 N–H and O–H groups in total. The standard InChI is InChI=1S/C24H31FN4O/c1-16-5-12-21-22(27-16)24(2,3)15-29(21)23(30)17-6-10-20(11-7-17)28(4)14-19-9-8-18(25)13-26-19/h5,8-9,12-13,17,20H,6-7,10-11,14-15H2,1-4H3. The fourth-order valence-electron chi connectivity index (χ4n) is 4.89. The van der Waals surface area contributed by atoms with E-state index in [1.165, 1.54) is 12.3 Å². The number of nitrogens with zero attached hydrogens (tertiary/aromatic N) is 4. The van der Waals surface area contributed by atoms with E-state index in [-0.39, 0.29) is 23.1 Å². The van der Waals surface area contributed by atoms with E-state index in [9.17, 15) is 9.18 Å². The van der Waals surface area contributed by atoms with Gasteiger partial charge in [-0.25, -0.2) is 4.39 Å². The first-order valence-electron chi connectivity index (χ1n) is 10.8. The molecule has 160 valence electrons. The van der Waals surface area contributed by atoms with Crippen LogP contribution in [0.15, 0.2) is 30.5 Å². The van der Waals surface area contributed by atoms with Gasteiger partial charge in [-0.15, -0.1) is 0 Å². The molecule has 0 radical (unpaired) electrons. The third-order valence-corrected chi connectivity index (χ3v) is 6.63. The molecule has 1 saturated carbocycles. The van der Waals surface area contributed by atoms with Crippen LogP contribution in [0, 0.1) is 18.7 Å². The van der Waals surface area contributed by atoms with Gasteiger partial charge in [0.1, 0.15) is 5.82 Å². The number of hydrogen-bond acceptors (Lipinski definition) is 4. The summed E-state index contributed by atoms with van der Waals surface area (Å²) in [5, 5.41) is 0. The minimum Gasteiger partial charge on any atom is -0.309 e. The number of aromatic nitrogens is 2. The average molecular weight is 411 g/mol. The molecule has 0 unspecified atom stereocenters. The Morgan fingerprint density at radius 1 is 1.20 bits per heavy atom. The third-order valence-electron chi connectivity index (χ3n) is 6.63. The molecule has 1 aliphatic heterocycles. The van der Waals surface area contributed by atoms with Gasteiger partial charge in [-0.05, 0) is 63.9 Å². The molecule has 2 aliphatic rings. The van der Waals surface area contributed by atoms with Crippen LogP contribution < -0.4 is 4.90 Å². The van der Waals surface area contributed by atoms with Gasteiger partial charge in [0.2, 0.25) is 5.91 Å². The van der Waals surface area contributed by atoms with Crippen LogP contribution >= 0.6 is 0 Å². The van der Waals surface area contributed by atoms with Crippen molar-refractivity contribution in [3.8, 4) is 0 Å². The van der Waals surface area contributed by atoms with Crippen LogP contribution in [0.1, 0.15) is 56.6 Å². The topological polar surface area (TPSA) is 49.3 Å². The monoisotopic (exact) mass is 410 g/mol. The molecule has 2 aromatic heterocycles. The summed E-state index contributed by atoms with van der Waals surface area (Å²) in [6.07, 6.45) is 5.05. The number of carbonyl (C=O) groups is 1. The number of rotatable bonds is 4. The van der Waals surface area contributed by atoms with Crippen LogP contribution in [0.3, 0.4) is 0 Å². The molecule has 0 aromatic carbocycles. The molecule has 2 aromatic rings. The summed E-state index contributed by atoms with van der Waals surface area (Å²) in [5.41, 5.74) is 3.77. The summed E-state index contributed by atoms with van der Waals surface area (Å²) in [6.45, 7) is 7.73. The molecular weight excluding hydrogens is 379 g/mol. The van der Waals surface area contributed by atoms with Crippen molar-refractivity contribution in [1.29, 1.82) is 0 Å². The molecule has 0 atom stereocenters. The first-order chi connectivity index (χ1) is 14.2. The van der Waals surface area contributed by atoms with Crippen LogP contribution in [0.5, 0.6) is 0 Å². The van der Waals surface area contributed by atoms with E-state index in [1.807, 2.05) is 17.9 Å². The summed E-state index contributed by atoms with van der Waals surface area (Å²) in [6, 6.07) is 7.67. The Hall–Kier alpha value is -2.34. The van der Waals surface area contributed by atoms with Gasteiger partial charge in [-0.2, -0.15) is 0 Å². The maximum Gasteiger partial charge on any atom is 0.230 e. The van der Waals surface area contributed by atoms with Crippen molar-refractivity contribution in [2.75, 3.05) is 18.5 Å². The molecule has 0 spiro atoms. The first kappa shape index (κ1) is 20.9. The fourth-order valence-corrected chi connectivity index (χ4v) is 4.89. The van der Waals surface area contributed by atoms with Crippen molar-refractivity contribution < 1.29 is 9.18 Å². The number of anilines is 1. The van der Waals surface area contributed by atoms with Gasteiger partial charge >= 0.3 is 0 Å². The Balaban J connectivity index is 1.37. The molecule has 3 heterocycles. The maximum absolute atomic E-state index is 13.4. The van der Waals surface area contributed by atoms with Gasteiger partial charge in [0, 0.05) is 36.2 Å². The molecule has 1 fully saturated rings. The van der Waals surface area contributed by atoms with Crippen LogP contribution in [0.25, 0.3) is 0 Å². The molecule has 0 bridgehead atoms. The van der Waals surface area contributed by atoms with Gasteiger partial charge in [0.15, 0.2) is 0 Å². The minimum atomic E-state index is -0.308. The molecule has 5 nitrogen and oxygen atoms in total. The van der Waals surface area contributed by atoms with Crippen molar-refractivity contribution in [2.45, 2.75) is 64.5 Å². The van der Waals surface area contributed by atoms with Crippen molar-refractivity contribution in [1.82, 2.24) is 14.9 Å². The molecular formula is C24H31FN4O. The highest BCUT2D eigenvalue weighted by atomic mass is 19.1. The zero-order chi connectivity index (χ0) is 21.5. The highest BCUT2D eigenvalue weighted by Crippen LogP contribution is 2.41. The SMILES string of the molecule is Cc1ccc2c(n1)C(C)(C)CN2C(=O)C1CCC(N(C)Cc2ccc(F)cn2)CC1. The maximum atomic E-state index is 13.4. The normalized spacial score (nSPS) is 22.9. The Kier molecular flexibility index (Phi) is 5.62. The van der Waals surface area contributed by atoms with Crippen molar-refractivity contribution in [2.24, 2.45) is 5.92 Å². The summed E-state index contributed by atoms with van der Waals surface area (Å²) >= 11 is 0. The molecule has 30 heavy (non-hydrogen) atoms. The Morgan fingerprint density at radius 3 is 2.60 bits per heavy atom. The van der Waals surface area contributed by atoms with E-state index < -0.39 is 0 Å². The molecule has 0 saturated heterocycles. The van der Waals surface area contributed by atoms with E-state index >= 15 is 0 Å². The number of amides is 1. The van der Waals surface area contributed by atoms with Gasteiger partial charge < -0.3 is 4.90 Å². The van der Waals surface area contributed by atoms with E-state index in [0.717, 1.165) is 48.5 Å². The van der Waals surface area contributed by atoms with E-state index in [4.69, 9.17) is 4.98 Å². The van der Waals surface area contributed by atoms with E-state index in [2.05, 4.69) is 36.8 Å². The smallest absolute Gasteiger partial charge is 0.230 e. The van der Waals surface area contributed by atoms with Crippen molar-refractivity contribution in [3.05, 3.63) is 53.4 Å². The van der Waals surface area contributed by atoms with Crippen LogP contribution in [-0.2, 0) is 16.8 Å². The highest BCUT2D eigenvalue weighted by Gasteiger charge is 2.42. The van der Waals surface area contributed by atoms with Gasteiger partial charge in [-0.3, -0.25) is 19.7 Å². The summed E-state index contributed by atoms with van der Waals surface area (Å²) in [4.78, 5) is 26.5. The lowest BCUT2D eigenvalue weighted by atomic mass is 9.84. The number of hydrogen-bond donors (Lipinski definition) is 0. The second kappa shape index (κ2) is 8.06. The zero-order valence-electron chi connectivity index (χ0n) is 18.4. The molecule has 4 rings (SSSR count). The number of carbonyl (C=O) groups excluding carboxylic acids is 1. The van der Waals surface area contributed by atoms with E-state index in [1.54, 1.807) is 6.07 Å². The van der Waals surface area contributed by atoms with E-state index in [0.29, 0.717) is 19.1 Å². The Labute approximate surface area is 178 Å². The Morgan fingerprint density at radius 2 is 1.93 bits per heavy atom. The number of aryl methyl sites for hydroxylation is 1. The lowest BCUT2D eigenvalue weighted by Crippen LogP contribution is -2.42. The molecule has 6 heteroatoms. The number of pyridine rings is 2. The van der Waals surface area contributed by atoms with Crippen molar-refractivity contribution >= 4 is 11.6 Å². The predicted molar refractivity (Wildman–Crippen MR) is 116 cm³/mol. The van der Waals surface area contributed by atoms with Gasteiger partial charge in [0.25, 0.3) is 0 Å². The van der Waals surface area contributed by atoms with Gasteiger partial charge in [0.05, 0.1) is 23.3 Å². The second-order valence-corrected chi connectivity index (χ2v) is 9.52. The van der Waals surface area contributed by atoms with Crippen LogP contribution in [-0.4, -0.2) is 40.4 Å². The van der Waals surface area contributed by atoms with Crippen LogP contribution in [0.2, 0.25) is 0 Å². The summed E-state index contributed by atoms with van der Waals surface area (Å²) in [5.74, 6) is 0.00730. The Bertz CT molecular complexity index is 919. The lowest BCUT2D eigenvalue weighted by molar-refractivity contribution is -0.123. The first-order valence-corrected chi connectivity index (χ1v) is 10.8. The lowest BCUT2D eigenvalue weighted by Gasteiger charge is -2.35. The zero-order valence-corrected chi connectivity index (χ0v) is 18.4. The third kappa shape index (κ3) is 4.10. The molecule has 1 aliphatic carbocycles. The number of halogens is 1. The minimum absolute atomic E-state index is 0.0710. The average Bonchev–Trinajstić information content (AvgIpc) is 2.99. The molecule has 1 amide bonds.